The number of primary amides is 1. The van der Waals surface area contributed by atoms with Crippen LogP contribution in [0.4, 0.5) is 5.69 Å². The lowest BCUT2D eigenvalue weighted by molar-refractivity contribution is -0.119. The predicted octanol–water partition coefficient (Wildman–Crippen LogP) is 0.573. The molecule has 4 N–H and O–H groups in total. The van der Waals surface area contributed by atoms with Crippen molar-refractivity contribution in [2.45, 2.75) is 26.2 Å². The number of nitrogens with one attached hydrogen (secondary N) is 2. The van der Waals surface area contributed by atoms with Gasteiger partial charge in [0.15, 0.2) is 5.96 Å². The molecule has 1 fully saturated rings. The second-order valence-electron chi connectivity index (χ2n) is 6.08. The molecule has 1 aliphatic rings. The number of nitrogens with zero attached hydrogens (tertiary/aromatic N) is 3. The fourth-order valence-corrected chi connectivity index (χ4v) is 2.92. The van der Waals surface area contributed by atoms with Crippen LogP contribution in [0.25, 0.3) is 0 Å². The minimum absolute atomic E-state index is 0.0220. The summed E-state index contributed by atoms with van der Waals surface area (Å²) < 4.78 is 0. The van der Waals surface area contributed by atoms with E-state index in [-0.39, 0.29) is 24.3 Å². The van der Waals surface area contributed by atoms with Crippen LogP contribution in [0.2, 0.25) is 0 Å². The van der Waals surface area contributed by atoms with E-state index in [1.165, 1.54) is 0 Å². The summed E-state index contributed by atoms with van der Waals surface area (Å²) in [4.78, 5) is 33.7. The van der Waals surface area contributed by atoms with Crippen molar-refractivity contribution in [3.63, 3.8) is 0 Å². The predicted molar refractivity (Wildman–Crippen MR) is 97.0 cm³/mol. The van der Waals surface area contributed by atoms with Gasteiger partial charge in [0, 0.05) is 32.3 Å². The third-order valence-electron chi connectivity index (χ3n) is 3.96. The van der Waals surface area contributed by atoms with Crippen LogP contribution in [0, 0.1) is 5.92 Å². The smallest absolute Gasteiger partial charge is 0.246 e. The maximum atomic E-state index is 12.1. The first kappa shape index (κ1) is 18.7. The topological polar surface area (TPSA) is 113 Å². The second-order valence-corrected chi connectivity index (χ2v) is 6.08. The number of likely N-dealkylation sites (tertiary alicyclic amines) is 1. The van der Waals surface area contributed by atoms with Gasteiger partial charge in [-0.15, -0.1) is 0 Å². The third-order valence-corrected chi connectivity index (χ3v) is 3.96. The quantitative estimate of drug-likeness (QED) is 0.515. The Hall–Kier alpha value is -2.64. The van der Waals surface area contributed by atoms with Gasteiger partial charge in [0.25, 0.3) is 0 Å². The van der Waals surface area contributed by atoms with Crippen LogP contribution in [-0.4, -0.2) is 53.8 Å². The zero-order valence-corrected chi connectivity index (χ0v) is 14.6. The number of anilines is 1. The number of hydrogen-bond acceptors (Lipinski definition) is 4. The number of carbonyl (C=O) groups is 2. The summed E-state index contributed by atoms with van der Waals surface area (Å²) in [6, 6.07) is 3.54. The minimum Gasteiger partial charge on any atom is -0.370 e. The number of nitrogens with two attached hydrogens (primary N) is 1. The first-order valence-electron chi connectivity index (χ1n) is 8.60. The van der Waals surface area contributed by atoms with E-state index < -0.39 is 0 Å². The molecule has 0 saturated carbocycles. The molecule has 1 aromatic rings. The van der Waals surface area contributed by atoms with E-state index in [1.807, 2.05) is 6.92 Å². The van der Waals surface area contributed by atoms with Crippen LogP contribution < -0.4 is 16.4 Å². The molecule has 8 heteroatoms. The van der Waals surface area contributed by atoms with Crippen molar-refractivity contribution < 1.29 is 9.59 Å². The number of piperidine rings is 1. The maximum absolute atomic E-state index is 12.1. The molecular weight excluding hydrogens is 320 g/mol. The van der Waals surface area contributed by atoms with Gasteiger partial charge in [0.05, 0.1) is 11.9 Å². The lowest BCUT2D eigenvalue weighted by Crippen LogP contribution is -2.47. The van der Waals surface area contributed by atoms with Gasteiger partial charge >= 0.3 is 0 Å². The maximum Gasteiger partial charge on any atom is 0.246 e. The molecule has 1 aliphatic heterocycles. The number of guanidine groups is 1. The average molecular weight is 346 g/mol. The van der Waals surface area contributed by atoms with Gasteiger partial charge in [-0.05, 0) is 37.8 Å². The zero-order valence-electron chi connectivity index (χ0n) is 14.6. The van der Waals surface area contributed by atoms with Crippen LogP contribution in [0.1, 0.15) is 26.2 Å². The molecular formula is C17H26N6O2. The number of aromatic nitrogens is 1. The number of hydrogen-bond donors (Lipinski definition) is 3. The summed E-state index contributed by atoms with van der Waals surface area (Å²) in [7, 11) is 0. The van der Waals surface area contributed by atoms with Crippen LogP contribution in [-0.2, 0) is 9.59 Å². The van der Waals surface area contributed by atoms with Crippen molar-refractivity contribution in [1.29, 1.82) is 0 Å². The Balaban J connectivity index is 1.95. The molecule has 25 heavy (non-hydrogen) atoms. The Kier molecular flexibility index (Phi) is 7.18. The highest BCUT2D eigenvalue weighted by Crippen LogP contribution is 2.19. The summed E-state index contributed by atoms with van der Waals surface area (Å²) >= 11 is 0. The number of pyridine rings is 1. The van der Waals surface area contributed by atoms with Gasteiger partial charge in [-0.3, -0.25) is 14.6 Å². The first-order valence-corrected chi connectivity index (χ1v) is 8.60. The number of rotatable bonds is 6. The molecule has 0 spiro atoms. The Morgan fingerprint density at radius 2 is 2.32 bits per heavy atom. The van der Waals surface area contributed by atoms with E-state index in [0.717, 1.165) is 25.9 Å². The Morgan fingerprint density at radius 3 is 3.00 bits per heavy atom. The van der Waals surface area contributed by atoms with Crippen molar-refractivity contribution in [3.8, 4) is 0 Å². The van der Waals surface area contributed by atoms with Gasteiger partial charge < -0.3 is 21.3 Å². The summed E-state index contributed by atoms with van der Waals surface area (Å²) in [5.74, 6) is 0.455. The van der Waals surface area contributed by atoms with E-state index in [2.05, 4.69) is 25.5 Å². The van der Waals surface area contributed by atoms with E-state index >= 15 is 0 Å². The monoisotopic (exact) mass is 346 g/mol. The van der Waals surface area contributed by atoms with E-state index in [4.69, 9.17) is 5.73 Å². The highest BCUT2D eigenvalue weighted by molar-refractivity contribution is 5.93. The second kappa shape index (κ2) is 9.61. The normalized spacial score (nSPS) is 17.9. The minimum atomic E-state index is -0.273. The summed E-state index contributed by atoms with van der Waals surface area (Å²) in [6.07, 6.45) is 5.59. The molecule has 8 nitrogen and oxygen atoms in total. The van der Waals surface area contributed by atoms with E-state index in [1.54, 1.807) is 24.5 Å². The van der Waals surface area contributed by atoms with Gasteiger partial charge in [-0.25, -0.2) is 4.99 Å². The van der Waals surface area contributed by atoms with E-state index in [9.17, 15) is 9.59 Å². The molecule has 0 aliphatic carbocycles. The summed E-state index contributed by atoms with van der Waals surface area (Å²) in [6.45, 7) is 4.29. The van der Waals surface area contributed by atoms with Crippen molar-refractivity contribution in [2.75, 3.05) is 31.5 Å². The molecule has 1 aromatic heterocycles. The highest BCUT2D eigenvalue weighted by atomic mass is 16.2. The molecule has 0 aromatic carbocycles. The first-order chi connectivity index (χ1) is 12.1. The van der Waals surface area contributed by atoms with Gasteiger partial charge in [0.2, 0.25) is 11.8 Å². The summed E-state index contributed by atoms with van der Waals surface area (Å²) in [5.41, 5.74) is 5.96. The van der Waals surface area contributed by atoms with Gasteiger partial charge in [-0.1, -0.05) is 0 Å². The molecule has 0 bridgehead atoms. The number of amides is 2. The molecule has 136 valence electrons. The van der Waals surface area contributed by atoms with Crippen molar-refractivity contribution >= 4 is 23.5 Å². The fourth-order valence-electron chi connectivity index (χ4n) is 2.92. The average Bonchev–Trinajstić information content (AvgIpc) is 2.59. The Bertz CT molecular complexity index is 604. The standard InChI is InChI=1S/C17H26N6O2/c1-2-20-17(23-8-4-5-13(12-23)9-15(18)24)21-11-16(25)22-14-6-3-7-19-10-14/h3,6-7,10,13H,2,4-5,8-9,11-12H2,1H3,(H2,18,24)(H,20,21)(H,22,25). The summed E-state index contributed by atoms with van der Waals surface area (Å²) in [5, 5.41) is 5.97. The molecule has 1 saturated heterocycles. The fraction of sp³-hybridized carbons (Fsp3) is 0.529. The molecule has 0 radical (unpaired) electrons. The molecule has 2 heterocycles. The van der Waals surface area contributed by atoms with Gasteiger partial charge in [0.1, 0.15) is 6.54 Å². The van der Waals surface area contributed by atoms with E-state index in [0.29, 0.717) is 24.6 Å². The third kappa shape index (κ3) is 6.40. The van der Waals surface area contributed by atoms with Crippen LogP contribution in [0.3, 0.4) is 0 Å². The largest absolute Gasteiger partial charge is 0.370 e. The SMILES string of the molecule is CCNC(=NCC(=O)Nc1cccnc1)N1CCCC(CC(N)=O)C1. The molecule has 1 unspecified atom stereocenters. The van der Waals surface area contributed by atoms with Crippen LogP contribution in [0.15, 0.2) is 29.5 Å². The highest BCUT2D eigenvalue weighted by Gasteiger charge is 2.23. The lowest BCUT2D eigenvalue weighted by atomic mass is 9.95. The lowest BCUT2D eigenvalue weighted by Gasteiger charge is -2.34. The molecule has 2 amide bonds. The number of aliphatic imine (C=N–C) groups is 1. The van der Waals surface area contributed by atoms with Crippen LogP contribution in [0.5, 0.6) is 0 Å². The molecule has 1 atom stereocenters. The van der Waals surface area contributed by atoms with Crippen molar-refractivity contribution in [2.24, 2.45) is 16.6 Å². The van der Waals surface area contributed by atoms with Crippen molar-refractivity contribution in [1.82, 2.24) is 15.2 Å². The molecule has 2 rings (SSSR count). The number of carbonyl (C=O) groups excluding carboxylic acids is 2. The van der Waals surface area contributed by atoms with Crippen molar-refractivity contribution in [3.05, 3.63) is 24.5 Å². The Morgan fingerprint density at radius 1 is 1.48 bits per heavy atom. The Labute approximate surface area is 147 Å². The van der Waals surface area contributed by atoms with Gasteiger partial charge in [-0.2, -0.15) is 0 Å². The van der Waals surface area contributed by atoms with Crippen LogP contribution >= 0.6 is 0 Å². The zero-order chi connectivity index (χ0) is 18.1.